The van der Waals surface area contributed by atoms with Gasteiger partial charge in [0.25, 0.3) is 0 Å². The van der Waals surface area contributed by atoms with Gasteiger partial charge in [-0.1, -0.05) is 24.3 Å². The zero-order valence-corrected chi connectivity index (χ0v) is 11.7. The number of hydrogen-bond acceptors (Lipinski definition) is 5. The molecule has 96 valence electrons. The monoisotopic (exact) mass is 270 g/mol. The Hall–Kier alpha value is -2.01. The molecule has 5 heteroatoms. The van der Waals surface area contributed by atoms with Gasteiger partial charge < -0.3 is 5.32 Å². The summed E-state index contributed by atoms with van der Waals surface area (Å²) in [5.74, 6) is 0.826. The Balaban J connectivity index is 1.91. The van der Waals surface area contributed by atoms with Gasteiger partial charge in [-0.25, -0.2) is 4.98 Å². The van der Waals surface area contributed by atoms with Gasteiger partial charge in [0.15, 0.2) is 5.82 Å². The minimum atomic E-state index is 0.729. The summed E-state index contributed by atoms with van der Waals surface area (Å²) in [6.45, 7) is 4.72. The molecule has 0 amide bonds. The van der Waals surface area contributed by atoms with E-state index >= 15 is 0 Å². The van der Waals surface area contributed by atoms with Crippen molar-refractivity contribution in [3.05, 3.63) is 46.0 Å². The minimum Gasteiger partial charge on any atom is -0.363 e. The molecule has 4 nitrogen and oxygen atoms in total. The molecule has 19 heavy (non-hydrogen) atoms. The molecular weight excluding hydrogens is 256 g/mol. The summed E-state index contributed by atoms with van der Waals surface area (Å²) >= 11 is 1.69. The molecule has 3 aromatic rings. The van der Waals surface area contributed by atoms with Crippen LogP contribution in [0.5, 0.6) is 0 Å². The van der Waals surface area contributed by atoms with Gasteiger partial charge in [0.2, 0.25) is 0 Å². The highest BCUT2D eigenvalue weighted by Crippen LogP contribution is 2.23. The maximum Gasteiger partial charge on any atom is 0.156 e. The van der Waals surface area contributed by atoms with Crippen LogP contribution in [0.25, 0.3) is 10.8 Å². The van der Waals surface area contributed by atoms with Crippen molar-refractivity contribution in [2.75, 3.05) is 5.32 Å². The molecule has 0 saturated carbocycles. The average molecular weight is 270 g/mol. The number of anilines is 1. The van der Waals surface area contributed by atoms with E-state index in [-0.39, 0.29) is 0 Å². The second-order valence-corrected chi connectivity index (χ2v) is 5.70. The van der Waals surface area contributed by atoms with E-state index in [0.717, 1.165) is 33.8 Å². The Bertz CT molecular complexity index is 720. The summed E-state index contributed by atoms with van der Waals surface area (Å²) in [7, 11) is 0. The van der Waals surface area contributed by atoms with Crippen LogP contribution < -0.4 is 5.32 Å². The molecule has 0 bridgehead atoms. The lowest BCUT2D eigenvalue weighted by atomic mass is 10.1. The van der Waals surface area contributed by atoms with Crippen molar-refractivity contribution in [2.24, 2.45) is 0 Å². The largest absolute Gasteiger partial charge is 0.363 e. The fraction of sp³-hybridized carbons (Fsp3) is 0.214. The van der Waals surface area contributed by atoms with Gasteiger partial charge in [0, 0.05) is 21.8 Å². The van der Waals surface area contributed by atoms with Crippen molar-refractivity contribution >= 4 is 27.9 Å². The van der Waals surface area contributed by atoms with Crippen LogP contribution in [0.1, 0.15) is 15.6 Å². The van der Waals surface area contributed by atoms with Gasteiger partial charge in [0.05, 0.1) is 17.2 Å². The molecular formula is C14H14N4S. The molecule has 0 saturated heterocycles. The van der Waals surface area contributed by atoms with E-state index < -0.39 is 0 Å². The van der Waals surface area contributed by atoms with Crippen LogP contribution in [0.3, 0.4) is 0 Å². The van der Waals surface area contributed by atoms with Gasteiger partial charge >= 0.3 is 0 Å². The van der Waals surface area contributed by atoms with E-state index in [9.17, 15) is 0 Å². The van der Waals surface area contributed by atoms with E-state index in [4.69, 9.17) is 0 Å². The maximum absolute atomic E-state index is 4.25. The van der Waals surface area contributed by atoms with Gasteiger partial charge in [-0.05, 0) is 13.8 Å². The number of nitrogens with one attached hydrogen (secondary N) is 1. The number of thiazole rings is 1. The van der Waals surface area contributed by atoms with E-state index in [0.29, 0.717) is 0 Å². The molecule has 0 aliphatic carbocycles. The molecule has 2 heterocycles. The zero-order chi connectivity index (χ0) is 13.2. The molecule has 0 unspecified atom stereocenters. The highest BCUT2D eigenvalue weighted by molar-refractivity contribution is 7.11. The zero-order valence-electron chi connectivity index (χ0n) is 10.8. The van der Waals surface area contributed by atoms with Gasteiger partial charge in [0.1, 0.15) is 0 Å². The third-order valence-corrected chi connectivity index (χ3v) is 3.88. The van der Waals surface area contributed by atoms with Crippen molar-refractivity contribution in [1.29, 1.82) is 0 Å². The lowest BCUT2D eigenvalue weighted by Crippen LogP contribution is -2.03. The van der Waals surface area contributed by atoms with E-state index in [1.54, 1.807) is 11.3 Å². The van der Waals surface area contributed by atoms with Crippen LogP contribution in [-0.2, 0) is 6.54 Å². The molecule has 0 radical (unpaired) electrons. The average Bonchev–Trinajstić information content (AvgIpc) is 2.84. The molecule has 2 aromatic heterocycles. The second kappa shape index (κ2) is 4.93. The fourth-order valence-electron chi connectivity index (χ4n) is 2.03. The van der Waals surface area contributed by atoms with Crippen molar-refractivity contribution in [3.63, 3.8) is 0 Å². The van der Waals surface area contributed by atoms with Crippen LogP contribution in [0.15, 0.2) is 30.5 Å². The summed E-state index contributed by atoms with van der Waals surface area (Å²) in [6, 6.07) is 8.18. The Morgan fingerprint density at radius 1 is 1.11 bits per heavy atom. The highest BCUT2D eigenvalue weighted by atomic mass is 32.1. The van der Waals surface area contributed by atoms with Crippen molar-refractivity contribution in [2.45, 2.75) is 20.4 Å². The quantitative estimate of drug-likeness (QED) is 0.793. The number of nitrogens with zero attached hydrogens (tertiary/aromatic N) is 3. The Morgan fingerprint density at radius 3 is 2.63 bits per heavy atom. The van der Waals surface area contributed by atoms with Crippen molar-refractivity contribution < 1.29 is 0 Å². The first kappa shape index (κ1) is 12.0. The number of benzene rings is 1. The first-order chi connectivity index (χ1) is 9.24. The molecule has 0 fully saturated rings. The van der Waals surface area contributed by atoms with Crippen molar-refractivity contribution in [1.82, 2.24) is 15.2 Å². The lowest BCUT2D eigenvalue weighted by molar-refractivity contribution is 0.986. The Morgan fingerprint density at radius 2 is 1.89 bits per heavy atom. The first-order valence-electron chi connectivity index (χ1n) is 6.11. The molecule has 3 rings (SSSR count). The van der Waals surface area contributed by atoms with Crippen LogP contribution >= 0.6 is 11.3 Å². The topological polar surface area (TPSA) is 50.7 Å². The number of rotatable bonds is 3. The second-order valence-electron chi connectivity index (χ2n) is 4.38. The predicted octanol–water partition coefficient (Wildman–Crippen LogP) is 3.32. The van der Waals surface area contributed by atoms with Crippen LogP contribution in [-0.4, -0.2) is 15.2 Å². The lowest BCUT2D eigenvalue weighted by Gasteiger charge is -2.08. The molecule has 1 aromatic carbocycles. The molecule has 0 spiro atoms. The highest BCUT2D eigenvalue weighted by Gasteiger charge is 2.06. The number of fused-ring (bicyclic) bond motifs is 1. The minimum absolute atomic E-state index is 0.729. The summed E-state index contributed by atoms with van der Waals surface area (Å²) in [5.41, 5.74) is 0.954. The fourth-order valence-corrected chi connectivity index (χ4v) is 2.76. The van der Waals surface area contributed by atoms with E-state index in [1.807, 2.05) is 32.2 Å². The smallest absolute Gasteiger partial charge is 0.156 e. The van der Waals surface area contributed by atoms with Gasteiger partial charge in [-0.2, -0.15) is 5.10 Å². The number of hydrogen-bond donors (Lipinski definition) is 1. The first-order valence-corrected chi connectivity index (χ1v) is 6.93. The van der Waals surface area contributed by atoms with Crippen LogP contribution in [0.2, 0.25) is 0 Å². The third-order valence-electron chi connectivity index (χ3n) is 2.97. The predicted molar refractivity (Wildman–Crippen MR) is 78.5 cm³/mol. The van der Waals surface area contributed by atoms with Crippen LogP contribution in [0.4, 0.5) is 5.82 Å². The van der Waals surface area contributed by atoms with E-state index in [2.05, 4.69) is 32.6 Å². The standard InChI is InChI=1S/C14H14N4S/c1-9-12-5-3-4-6-13(12)14(18-17-9)16-8-11-7-15-10(2)19-11/h3-7H,8H2,1-2H3,(H,16,18). The normalized spacial score (nSPS) is 10.8. The Labute approximate surface area is 115 Å². The third kappa shape index (κ3) is 2.42. The van der Waals surface area contributed by atoms with E-state index in [1.165, 1.54) is 4.88 Å². The summed E-state index contributed by atoms with van der Waals surface area (Å²) < 4.78 is 0. The SMILES string of the molecule is Cc1ncc(CNc2nnc(C)c3ccccc23)s1. The molecule has 0 aliphatic heterocycles. The summed E-state index contributed by atoms with van der Waals surface area (Å²) in [5, 5.41) is 15.1. The van der Waals surface area contributed by atoms with Gasteiger partial charge in [-0.3, -0.25) is 0 Å². The number of aromatic nitrogens is 3. The molecule has 1 N–H and O–H groups in total. The molecule has 0 aliphatic rings. The summed E-state index contributed by atoms with van der Waals surface area (Å²) in [4.78, 5) is 5.45. The maximum atomic E-state index is 4.25. The molecule has 0 atom stereocenters. The number of aryl methyl sites for hydroxylation is 2. The van der Waals surface area contributed by atoms with Crippen LogP contribution in [0, 0.1) is 13.8 Å². The van der Waals surface area contributed by atoms with Gasteiger partial charge in [-0.15, -0.1) is 16.4 Å². The summed E-state index contributed by atoms with van der Waals surface area (Å²) in [6.07, 6.45) is 1.90. The van der Waals surface area contributed by atoms with Crippen molar-refractivity contribution in [3.8, 4) is 0 Å². The Kier molecular flexibility index (Phi) is 3.13.